The number of H-pyrrole nitrogens is 1. The first kappa shape index (κ1) is 13.8. The van der Waals surface area contributed by atoms with Crippen molar-refractivity contribution < 1.29 is 0 Å². The van der Waals surface area contributed by atoms with E-state index in [-0.39, 0.29) is 0 Å². The molecule has 1 aliphatic carbocycles. The van der Waals surface area contributed by atoms with Gasteiger partial charge in [-0.05, 0) is 51.9 Å². The quantitative estimate of drug-likeness (QED) is 0.484. The average Bonchev–Trinajstić information content (AvgIpc) is 3.15. The molecule has 110 valence electrons. The highest BCUT2D eigenvalue weighted by Crippen LogP contribution is 2.36. The molecule has 22 heavy (non-hydrogen) atoms. The van der Waals surface area contributed by atoms with E-state index in [0.29, 0.717) is 0 Å². The van der Waals surface area contributed by atoms with Crippen molar-refractivity contribution in [2.45, 2.75) is 12.8 Å². The molecule has 1 fully saturated rings. The lowest BCUT2D eigenvalue weighted by Crippen LogP contribution is -2.05. The number of thiophene rings is 1. The molecule has 0 aliphatic heterocycles. The predicted octanol–water partition coefficient (Wildman–Crippen LogP) is 5.12. The summed E-state index contributed by atoms with van der Waals surface area (Å²) < 4.78 is 1.12. The van der Waals surface area contributed by atoms with Crippen molar-refractivity contribution in [2.24, 2.45) is 5.10 Å². The second-order valence-electron chi connectivity index (χ2n) is 5.24. The van der Waals surface area contributed by atoms with Gasteiger partial charge in [0.05, 0.1) is 21.4 Å². The molecule has 2 N–H and O–H groups in total. The van der Waals surface area contributed by atoms with Gasteiger partial charge in [-0.2, -0.15) is 5.10 Å². The molecule has 4 rings (SSSR count). The van der Waals surface area contributed by atoms with E-state index in [1.165, 1.54) is 16.3 Å². The molecule has 0 radical (unpaired) electrons. The van der Waals surface area contributed by atoms with Crippen LogP contribution in [0.1, 0.15) is 23.4 Å². The normalized spacial score (nSPS) is 14.0. The number of allylic oxidation sites excluding steroid dienone is 1. The number of nitrogens with one attached hydrogen (secondary N) is 2. The first-order valence-corrected chi connectivity index (χ1v) is 8.75. The largest absolute Gasteiger partial charge is 0.359 e. The van der Waals surface area contributed by atoms with Crippen LogP contribution in [0.3, 0.4) is 0 Å². The number of aromatic nitrogens is 1. The van der Waals surface area contributed by atoms with Crippen LogP contribution in [0.2, 0.25) is 0 Å². The minimum atomic E-state index is 1.12. The van der Waals surface area contributed by atoms with E-state index in [4.69, 9.17) is 0 Å². The minimum absolute atomic E-state index is 1.12. The number of nitrogens with zero attached hydrogens (tertiary/aromatic N) is 1. The lowest BCUT2D eigenvalue weighted by atomic mass is 10.1. The third-order valence-corrected chi connectivity index (χ3v) is 5.23. The van der Waals surface area contributed by atoms with Gasteiger partial charge in [-0.15, -0.1) is 11.3 Å². The molecule has 2 aromatic heterocycles. The maximum Gasteiger partial charge on any atom is 0.0795 e. The molecule has 2 heterocycles. The SMILES string of the molecule is Brc1ccc(/C=N/NC(=C2CC2)c2[nH]cc3ccccc23)s1. The molecule has 5 heteroatoms. The van der Waals surface area contributed by atoms with E-state index < -0.39 is 0 Å². The van der Waals surface area contributed by atoms with Crippen LogP contribution in [0.15, 0.2) is 57.1 Å². The van der Waals surface area contributed by atoms with Crippen molar-refractivity contribution in [3.8, 4) is 0 Å². The van der Waals surface area contributed by atoms with Gasteiger partial charge in [-0.25, -0.2) is 0 Å². The Morgan fingerprint density at radius 3 is 2.86 bits per heavy atom. The summed E-state index contributed by atoms with van der Waals surface area (Å²) in [5, 5.41) is 6.88. The summed E-state index contributed by atoms with van der Waals surface area (Å²) in [7, 11) is 0. The molecule has 0 amide bonds. The lowest BCUT2D eigenvalue weighted by molar-refractivity contribution is 0.988. The monoisotopic (exact) mass is 371 g/mol. The number of rotatable bonds is 4. The van der Waals surface area contributed by atoms with E-state index in [9.17, 15) is 0 Å². The maximum absolute atomic E-state index is 4.42. The molecule has 0 saturated heterocycles. The minimum Gasteiger partial charge on any atom is -0.359 e. The summed E-state index contributed by atoms with van der Waals surface area (Å²) in [5.41, 5.74) is 6.92. The molecule has 3 aromatic rings. The molecule has 0 bridgehead atoms. The highest BCUT2D eigenvalue weighted by Gasteiger charge is 2.21. The van der Waals surface area contributed by atoms with Crippen LogP contribution in [0.25, 0.3) is 16.5 Å². The summed E-state index contributed by atoms with van der Waals surface area (Å²) in [5.74, 6) is 0. The van der Waals surface area contributed by atoms with Crippen molar-refractivity contribution in [3.63, 3.8) is 0 Å². The molecular weight excluding hydrogens is 358 g/mol. The molecule has 1 saturated carbocycles. The Hall–Kier alpha value is -1.85. The van der Waals surface area contributed by atoms with Gasteiger partial charge in [0.2, 0.25) is 0 Å². The maximum atomic E-state index is 4.42. The number of benzene rings is 1. The van der Waals surface area contributed by atoms with Gasteiger partial charge in [0.1, 0.15) is 0 Å². The molecular formula is C17H14BrN3S. The molecule has 0 atom stereocenters. The highest BCUT2D eigenvalue weighted by atomic mass is 79.9. The zero-order valence-electron chi connectivity index (χ0n) is 11.8. The third-order valence-electron chi connectivity index (χ3n) is 3.67. The smallest absolute Gasteiger partial charge is 0.0795 e. The number of hydrogen-bond acceptors (Lipinski definition) is 3. The number of hydrazone groups is 1. The molecule has 0 spiro atoms. The third kappa shape index (κ3) is 2.74. The van der Waals surface area contributed by atoms with Crippen LogP contribution in [-0.2, 0) is 0 Å². The number of hydrogen-bond donors (Lipinski definition) is 2. The van der Waals surface area contributed by atoms with Crippen LogP contribution in [0, 0.1) is 0 Å². The van der Waals surface area contributed by atoms with E-state index in [2.05, 4.69) is 61.9 Å². The van der Waals surface area contributed by atoms with E-state index >= 15 is 0 Å². The van der Waals surface area contributed by atoms with E-state index in [1.54, 1.807) is 11.3 Å². The van der Waals surface area contributed by atoms with Crippen molar-refractivity contribution in [2.75, 3.05) is 0 Å². The van der Waals surface area contributed by atoms with Gasteiger partial charge >= 0.3 is 0 Å². The Balaban J connectivity index is 1.63. The van der Waals surface area contributed by atoms with Gasteiger partial charge < -0.3 is 4.98 Å². The summed E-state index contributed by atoms with van der Waals surface area (Å²) in [6.45, 7) is 0. The van der Waals surface area contributed by atoms with Crippen LogP contribution >= 0.6 is 27.3 Å². The Bertz CT molecular complexity index is 882. The zero-order chi connectivity index (χ0) is 14.9. The Morgan fingerprint density at radius 1 is 1.23 bits per heavy atom. The van der Waals surface area contributed by atoms with Gasteiger partial charge in [0, 0.05) is 16.5 Å². The highest BCUT2D eigenvalue weighted by molar-refractivity contribution is 9.11. The summed E-state index contributed by atoms with van der Waals surface area (Å²) >= 11 is 5.13. The van der Waals surface area contributed by atoms with Gasteiger partial charge in [0.15, 0.2) is 0 Å². The summed E-state index contributed by atoms with van der Waals surface area (Å²) in [4.78, 5) is 4.51. The molecule has 1 aromatic carbocycles. The van der Waals surface area contributed by atoms with Gasteiger partial charge in [-0.1, -0.05) is 24.3 Å². The topological polar surface area (TPSA) is 40.2 Å². The van der Waals surface area contributed by atoms with Crippen LogP contribution in [-0.4, -0.2) is 11.2 Å². The molecule has 3 nitrogen and oxygen atoms in total. The van der Waals surface area contributed by atoms with Gasteiger partial charge in [-0.3, -0.25) is 5.43 Å². The Kier molecular flexibility index (Phi) is 3.60. The van der Waals surface area contributed by atoms with Crippen molar-refractivity contribution >= 4 is 50.0 Å². The van der Waals surface area contributed by atoms with Crippen LogP contribution < -0.4 is 5.43 Å². The lowest BCUT2D eigenvalue weighted by Gasteiger charge is -2.05. The summed E-state index contributed by atoms with van der Waals surface area (Å²) in [6, 6.07) is 12.5. The van der Waals surface area contributed by atoms with Crippen LogP contribution in [0.4, 0.5) is 0 Å². The molecule has 1 aliphatic rings. The zero-order valence-corrected chi connectivity index (χ0v) is 14.2. The average molecular weight is 372 g/mol. The predicted molar refractivity (Wildman–Crippen MR) is 97.2 cm³/mol. The first-order valence-electron chi connectivity index (χ1n) is 7.14. The van der Waals surface area contributed by atoms with E-state index in [1.807, 2.05) is 18.3 Å². The Labute approximate surface area is 140 Å². The summed E-state index contributed by atoms with van der Waals surface area (Å²) in [6.07, 6.45) is 6.21. The van der Waals surface area contributed by atoms with Crippen molar-refractivity contribution in [1.82, 2.24) is 10.4 Å². The fraction of sp³-hybridized carbons (Fsp3) is 0.118. The van der Waals surface area contributed by atoms with Gasteiger partial charge in [0.25, 0.3) is 0 Å². The second kappa shape index (κ2) is 5.74. The van der Waals surface area contributed by atoms with E-state index in [0.717, 1.165) is 32.9 Å². The second-order valence-corrected chi connectivity index (χ2v) is 7.74. The van der Waals surface area contributed by atoms with Crippen molar-refractivity contribution in [1.29, 1.82) is 0 Å². The number of halogens is 1. The fourth-order valence-electron chi connectivity index (χ4n) is 2.47. The number of fused-ring (bicyclic) bond motifs is 1. The fourth-order valence-corrected chi connectivity index (χ4v) is 3.76. The molecule has 0 unspecified atom stereocenters. The number of aromatic amines is 1. The standard InChI is InChI=1S/C17H14BrN3S/c18-15-8-7-13(22-15)10-20-21-16(11-5-6-11)17-14-4-2-1-3-12(14)9-19-17/h1-4,7-10,19,21H,5-6H2/b20-10+. The van der Waals surface area contributed by atoms with Crippen LogP contribution in [0.5, 0.6) is 0 Å². The first-order chi connectivity index (χ1) is 10.8. The Morgan fingerprint density at radius 2 is 2.09 bits per heavy atom. The van der Waals surface area contributed by atoms with Crippen molar-refractivity contribution in [3.05, 3.63) is 62.5 Å².